The topological polar surface area (TPSA) is 22.1 Å². The van der Waals surface area contributed by atoms with E-state index < -0.39 is 0 Å². The van der Waals surface area contributed by atoms with E-state index in [2.05, 4.69) is 37.9 Å². The van der Waals surface area contributed by atoms with Gasteiger partial charge in [-0.05, 0) is 34.7 Å². The molecule has 0 fully saturated rings. The average Bonchev–Trinajstić information content (AvgIpc) is 2.38. The predicted octanol–water partition coefficient (Wildman–Crippen LogP) is 4.91. The molecule has 100 valence electrons. The van der Waals surface area contributed by atoms with E-state index >= 15 is 0 Å². The number of rotatable bonds is 3. The van der Waals surface area contributed by atoms with Gasteiger partial charge >= 0.3 is 0 Å². The molecule has 0 unspecified atom stereocenters. The average molecular weight is 276 g/mol. The summed E-state index contributed by atoms with van der Waals surface area (Å²) in [7, 11) is 0. The zero-order valence-electron chi connectivity index (χ0n) is 11.5. The van der Waals surface area contributed by atoms with Gasteiger partial charge in [-0.2, -0.15) is 0 Å². The zero-order valence-corrected chi connectivity index (χ0v) is 12.2. The number of alkyl halides is 1. The van der Waals surface area contributed by atoms with Gasteiger partial charge in [0, 0.05) is 12.1 Å². The number of nitrogens with zero attached hydrogens (tertiary/aromatic N) is 1. The largest absolute Gasteiger partial charge is 0.456 e. The number of halogens is 1. The normalized spacial score (nSPS) is 11.4. The van der Waals surface area contributed by atoms with Gasteiger partial charge in [0.25, 0.3) is 0 Å². The molecule has 0 aliphatic carbocycles. The second kappa shape index (κ2) is 5.62. The summed E-state index contributed by atoms with van der Waals surface area (Å²) in [6.45, 7) is 6.55. The first-order valence-corrected chi connectivity index (χ1v) is 6.81. The molecule has 19 heavy (non-hydrogen) atoms. The quantitative estimate of drug-likeness (QED) is 0.743. The van der Waals surface area contributed by atoms with Gasteiger partial charge in [-0.3, -0.25) is 4.98 Å². The molecule has 0 radical (unpaired) electrons. The first kappa shape index (κ1) is 13.9. The van der Waals surface area contributed by atoms with E-state index in [-0.39, 0.29) is 5.41 Å². The monoisotopic (exact) mass is 275 g/mol. The van der Waals surface area contributed by atoms with Crippen LogP contribution in [0.4, 0.5) is 0 Å². The second-order valence-corrected chi connectivity index (χ2v) is 5.81. The Hall–Kier alpha value is -1.54. The molecule has 0 bridgehead atoms. The highest BCUT2D eigenvalue weighted by atomic mass is 35.5. The molecule has 1 aromatic carbocycles. The van der Waals surface area contributed by atoms with Crippen molar-refractivity contribution in [1.29, 1.82) is 0 Å². The minimum atomic E-state index is 0.107. The van der Waals surface area contributed by atoms with Gasteiger partial charge in [-0.15, -0.1) is 11.6 Å². The minimum Gasteiger partial charge on any atom is -0.456 e. The molecule has 2 aromatic rings. The highest BCUT2D eigenvalue weighted by Gasteiger charge is 2.14. The van der Waals surface area contributed by atoms with Gasteiger partial charge in [-0.25, -0.2) is 0 Å². The Balaban J connectivity index is 2.23. The van der Waals surface area contributed by atoms with Crippen molar-refractivity contribution in [3.05, 3.63) is 53.9 Å². The van der Waals surface area contributed by atoms with Crippen LogP contribution < -0.4 is 4.74 Å². The molecule has 1 aromatic heterocycles. The van der Waals surface area contributed by atoms with Crippen molar-refractivity contribution in [3.8, 4) is 11.5 Å². The Morgan fingerprint density at radius 1 is 1.11 bits per heavy atom. The van der Waals surface area contributed by atoms with Crippen LogP contribution in [-0.4, -0.2) is 4.98 Å². The van der Waals surface area contributed by atoms with Gasteiger partial charge < -0.3 is 4.74 Å². The van der Waals surface area contributed by atoms with Crippen LogP contribution in [0.15, 0.2) is 42.7 Å². The molecule has 0 aliphatic rings. The van der Waals surface area contributed by atoms with Crippen molar-refractivity contribution in [1.82, 2.24) is 4.98 Å². The Labute approximate surface area is 119 Å². The van der Waals surface area contributed by atoms with Crippen LogP contribution in [0, 0.1) is 0 Å². The van der Waals surface area contributed by atoms with Crippen molar-refractivity contribution in [2.45, 2.75) is 32.1 Å². The standard InChI is InChI=1S/C16H18ClNO/c1-16(2,3)13-5-4-6-14(8-13)19-15-7-12(9-17)10-18-11-15/h4-8,10-11H,9H2,1-3H3. The zero-order chi connectivity index (χ0) is 13.9. The second-order valence-electron chi connectivity index (χ2n) is 5.54. The molecule has 2 nitrogen and oxygen atoms in total. The smallest absolute Gasteiger partial charge is 0.146 e. The van der Waals surface area contributed by atoms with E-state index in [0.29, 0.717) is 11.6 Å². The van der Waals surface area contributed by atoms with Gasteiger partial charge in [0.2, 0.25) is 0 Å². The molecule has 0 saturated heterocycles. The number of pyridine rings is 1. The van der Waals surface area contributed by atoms with Gasteiger partial charge in [0.1, 0.15) is 11.5 Å². The first-order chi connectivity index (χ1) is 8.99. The summed E-state index contributed by atoms with van der Waals surface area (Å²) >= 11 is 5.79. The fourth-order valence-corrected chi connectivity index (χ4v) is 1.90. The van der Waals surface area contributed by atoms with Crippen molar-refractivity contribution >= 4 is 11.6 Å². The summed E-state index contributed by atoms with van der Waals surface area (Å²) < 4.78 is 5.84. The summed E-state index contributed by atoms with van der Waals surface area (Å²) in [5.74, 6) is 1.97. The summed E-state index contributed by atoms with van der Waals surface area (Å²) in [5.41, 5.74) is 2.30. The highest BCUT2D eigenvalue weighted by Crippen LogP contribution is 2.28. The number of hydrogen-bond donors (Lipinski definition) is 0. The van der Waals surface area contributed by atoms with Crippen LogP contribution in [-0.2, 0) is 11.3 Å². The number of aromatic nitrogens is 1. The van der Waals surface area contributed by atoms with E-state index in [1.165, 1.54) is 5.56 Å². The summed E-state index contributed by atoms with van der Waals surface area (Å²) in [6.07, 6.45) is 3.44. The Bertz CT molecular complexity index is 561. The van der Waals surface area contributed by atoms with E-state index in [0.717, 1.165) is 11.3 Å². The lowest BCUT2D eigenvalue weighted by Gasteiger charge is -2.19. The SMILES string of the molecule is CC(C)(C)c1cccc(Oc2cncc(CCl)c2)c1. The molecule has 0 N–H and O–H groups in total. The van der Waals surface area contributed by atoms with Crippen LogP contribution in [0.1, 0.15) is 31.9 Å². The van der Waals surface area contributed by atoms with Crippen LogP contribution in [0.2, 0.25) is 0 Å². The van der Waals surface area contributed by atoms with Crippen LogP contribution in [0.25, 0.3) is 0 Å². The molecular weight excluding hydrogens is 258 g/mol. The van der Waals surface area contributed by atoms with Crippen LogP contribution in [0.3, 0.4) is 0 Å². The molecule has 0 aliphatic heterocycles. The molecule has 1 heterocycles. The maximum atomic E-state index is 5.84. The third-order valence-electron chi connectivity index (χ3n) is 2.86. The molecule has 0 amide bonds. The number of hydrogen-bond acceptors (Lipinski definition) is 2. The minimum absolute atomic E-state index is 0.107. The number of ether oxygens (including phenoxy) is 1. The van der Waals surface area contributed by atoms with Gasteiger partial charge in [0.05, 0.1) is 6.20 Å². The molecule has 0 atom stereocenters. The third kappa shape index (κ3) is 3.71. The molecule has 0 saturated carbocycles. The van der Waals surface area contributed by atoms with E-state index in [1.807, 2.05) is 18.2 Å². The Kier molecular flexibility index (Phi) is 4.11. The van der Waals surface area contributed by atoms with Crippen LogP contribution >= 0.6 is 11.6 Å². The van der Waals surface area contributed by atoms with E-state index in [4.69, 9.17) is 16.3 Å². The lowest BCUT2D eigenvalue weighted by Crippen LogP contribution is -2.10. The summed E-state index contributed by atoms with van der Waals surface area (Å²) in [6, 6.07) is 10.0. The lowest BCUT2D eigenvalue weighted by molar-refractivity contribution is 0.476. The predicted molar refractivity (Wildman–Crippen MR) is 79.0 cm³/mol. The van der Waals surface area contributed by atoms with Crippen LogP contribution in [0.5, 0.6) is 11.5 Å². The van der Waals surface area contributed by atoms with E-state index in [1.54, 1.807) is 12.4 Å². The first-order valence-electron chi connectivity index (χ1n) is 6.27. The highest BCUT2D eigenvalue weighted by molar-refractivity contribution is 6.17. The third-order valence-corrected chi connectivity index (χ3v) is 3.17. The Morgan fingerprint density at radius 3 is 2.58 bits per heavy atom. The van der Waals surface area contributed by atoms with Crippen molar-refractivity contribution in [2.75, 3.05) is 0 Å². The number of benzene rings is 1. The van der Waals surface area contributed by atoms with Crippen molar-refractivity contribution in [2.24, 2.45) is 0 Å². The maximum Gasteiger partial charge on any atom is 0.146 e. The van der Waals surface area contributed by atoms with Gasteiger partial charge in [-0.1, -0.05) is 32.9 Å². The molecule has 2 rings (SSSR count). The summed E-state index contributed by atoms with van der Waals surface area (Å²) in [4.78, 5) is 4.11. The van der Waals surface area contributed by atoms with E-state index in [9.17, 15) is 0 Å². The van der Waals surface area contributed by atoms with Crippen molar-refractivity contribution < 1.29 is 4.74 Å². The Morgan fingerprint density at radius 2 is 1.89 bits per heavy atom. The molecular formula is C16H18ClNO. The maximum absolute atomic E-state index is 5.84. The fraction of sp³-hybridized carbons (Fsp3) is 0.312. The molecule has 0 spiro atoms. The summed E-state index contributed by atoms with van der Waals surface area (Å²) in [5, 5.41) is 0. The fourth-order valence-electron chi connectivity index (χ4n) is 1.75. The molecule has 3 heteroatoms. The lowest BCUT2D eigenvalue weighted by atomic mass is 9.87. The van der Waals surface area contributed by atoms with Gasteiger partial charge in [0.15, 0.2) is 0 Å². The van der Waals surface area contributed by atoms with Crippen molar-refractivity contribution in [3.63, 3.8) is 0 Å².